The van der Waals surface area contributed by atoms with Crippen molar-refractivity contribution in [3.05, 3.63) is 28.2 Å². The second kappa shape index (κ2) is 6.40. The highest BCUT2D eigenvalue weighted by atomic mass is 79.9. The number of thioether (sulfide) groups is 1. The Kier molecular flexibility index (Phi) is 5.50. The van der Waals surface area contributed by atoms with Crippen LogP contribution in [0.4, 0.5) is 5.69 Å². The molecule has 0 heterocycles. The molecule has 0 bridgehead atoms. The maximum Gasteiger partial charge on any atom is 0.0461 e. The number of rotatable bonds is 5. The molecule has 0 saturated heterocycles. The monoisotopic (exact) mass is 288 g/mol. The first-order valence-electron chi connectivity index (χ1n) is 4.85. The summed E-state index contributed by atoms with van der Waals surface area (Å²) in [6, 6.07) is 6.02. The maximum atomic E-state index is 5.83. The SMILES string of the molecule is CSCCN(C)Cc1cccc(N)c1Br. The van der Waals surface area contributed by atoms with Crippen LogP contribution in [0, 0.1) is 0 Å². The molecule has 84 valence electrons. The number of hydrogen-bond acceptors (Lipinski definition) is 3. The number of anilines is 1. The van der Waals surface area contributed by atoms with Crippen LogP contribution in [0.15, 0.2) is 22.7 Å². The number of nitrogens with zero attached hydrogens (tertiary/aromatic N) is 1. The molecule has 1 aromatic carbocycles. The minimum absolute atomic E-state index is 0.811. The van der Waals surface area contributed by atoms with Crippen molar-refractivity contribution in [3.63, 3.8) is 0 Å². The first-order chi connectivity index (χ1) is 7.15. The predicted octanol–water partition coefficient (Wildman–Crippen LogP) is 2.83. The molecule has 1 aromatic rings. The van der Waals surface area contributed by atoms with E-state index in [1.165, 1.54) is 5.56 Å². The van der Waals surface area contributed by atoms with Crippen LogP contribution < -0.4 is 5.73 Å². The first kappa shape index (κ1) is 12.9. The molecule has 0 aliphatic rings. The lowest BCUT2D eigenvalue weighted by Crippen LogP contribution is -2.20. The van der Waals surface area contributed by atoms with Crippen molar-refractivity contribution in [2.45, 2.75) is 6.54 Å². The van der Waals surface area contributed by atoms with E-state index in [9.17, 15) is 0 Å². The van der Waals surface area contributed by atoms with Crippen molar-refractivity contribution >= 4 is 33.4 Å². The van der Waals surface area contributed by atoms with Crippen molar-refractivity contribution < 1.29 is 0 Å². The number of benzene rings is 1. The molecule has 15 heavy (non-hydrogen) atoms. The van der Waals surface area contributed by atoms with Gasteiger partial charge in [-0.1, -0.05) is 12.1 Å². The van der Waals surface area contributed by atoms with Crippen LogP contribution in [-0.2, 0) is 6.54 Å². The molecule has 2 nitrogen and oxygen atoms in total. The molecule has 0 aliphatic heterocycles. The fourth-order valence-electron chi connectivity index (χ4n) is 1.34. The van der Waals surface area contributed by atoms with Gasteiger partial charge in [0.25, 0.3) is 0 Å². The molecular weight excluding hydrogens is 272 g/mol. The lowest BCUT2D eigenvalue weighted by Gasteiger charge is -2.17. The third-order valence-corrected chi connectivity index (χ3v) is 3.78. The van der Waals surface area contributed by atoms with Gasteiger partial charge in [0.15, 0.2) is 0 Å². The Morgan fingerprint density at radius 1 is 1.47 bits per heavy atom. The molecular formula is C11H17BrN2S. The summed E-state index contributed by atoms with van der Waals surface area (Å²) < 4.78 is 1.03. The van der Waals surface area contributed by atoms with Gasteiger partial charge in [-0.2, -0.15) is 11.8 Å². The Balaban J connectivity index is 2.60. The van der Waals surface area contributed by atoms with E-state index in [4.69, 9.17) is 5.73 Å². The molecule has 0 aliphatic carbocycles. The van der Waals surface area contributed by atoms with Crippen molar-refractivity contribution in [2.75, 3.05) is 31.3 Å². The second-order valence-electron chi connectivity index (χ2n) is 3.55. The average Bonchev–Trinajstić information content (AvgIpc) is 2.22. The Bertz CT molecular complexity index is 317. The van der Waals surface area contributed by atoms with Gasteiger partial charge in [0.2, 0.25) is 0 Å². The summed E-state index contributed by atoms with van der Waals surface area (Å²) in [5.74, 6) is 1.16. The number of nitrogens with two attached hydrogens (primary N) is 1. The van der Waals surface area contributed by atoms with Crippen LogP contribution in [0.25, 0.3) is 0 Å². The zero-order valence-electron chi connectivity index (χ0n) is 9.16. The molecule has 0 aromatic heterocycles. The van der Waals surface area contributed by atoms with E-state index in [2.05, 4.69) is 40.2 Å². The molecule has 2 N–H and O–H groups in total. The standard InChI is InChI=1S/C11H17BrN2S/c1-14(6-7-15-2)8-9-4-3-5-10(13)11(9)12/h3-5H,6-8,13H2,1-2H3. The van der Waals surface area contributed by atoms with E-state index in [1.807, 2.05) is 23.9 Å². The zero-order chi connectivity index (χ0) is 11.3. The fourth-order valence-corrected chi connectivity index (χ4v) is 2.22. The minimum atomic E-state index is 0.811. The normalized spacial score (nSPS) is 10.9. The smallest absolute Gasteiger partial charge is 0.0461 e. The largest absolute Gasteiger partial charge is 0.398 e. The Hall–Kier alpha value is -0.190. The molecule has 0 spiro atoms. The summed E-state index contributed by atoms with van der Waals surface area (Å²) in [6.07, 6.45) is 2.13. The van der Waals surface area contributed by atoms with Crippen LogP contribution in [0.3, 0.4) is 0 Å². The van der Waals surface area contributed by atoms with E-state index >= 15 is 0 Å². The van der Waals surface area contributed by atoms with Crippen LogP contribution >= 0.6 is 27.7 Å². The van der Waals surface area contributed by atoms with Crippen LogP contribution in [0.5, 0.6) is 0 Å². The highest BCUT2D eigenvalue weighted by Crippen LogP contribution is 2.24. The molecule has 0 fully saturated rings. The Morgan fingerprint density at radius 3 is 2.87 bits per heavy atom. The Labute approximate surface area is 104 Å². The van der Waals surface area contributed by atoms with Gasteiger partial charge in [-0.15, -0.1) is 0 Å². The van der Waals surface area contributed by atoms with E-state index in [-0.39, 0.29) is 0 Å². The molecule has 0 amide bonds. The van der Waals surface area contributed by atoms with Crippen LogP contribution in [0.1, 0.15) is 5.56 Å². The quantitative estimate of drug-likeness (QED) is 0.845. The topological polar surface area (TPSA) is 29.3 Å². The third-order valence-electron chi connectivity index (χ3n) is 2.23. The van der Waals surface area contributed by atoms with Crippen LogP contribution in [0.2, 0.25) is 0 Å². The van der Waals surface area contributed by atoms with Crippen LogP contribution in [-0.4, -0.2) is 30.5 Å². The van der Waals surface area contributed by atoms with E-state index in [1.54, 1.807) is 0 Å². The van der Waals surface area contributed by atoms with E-state index in [0.29, 0.717) is 0 Å². The zero-order valence-corrected chi connectivity index (χ0v) is 11.6. The van der Waals surface area contributed by atoms with Crippen molar-refractivity contribution in [1.82, 2.24) is 4.90 Å². The minimum Gasteiger partial charge on any atom is -0.398 e. The summed E-state index contributed by atoms with van der Waals surface area (Å²) in [7, 11) is 2.13. The number of nitrogen functional groups attached to an aromatic ring is 1. The van der Waals surface area contributed by atoms with E-state index in [0.717, 1.165) is 29.0 Å². The van der Waals surface area contributed by atoms with Gasteiger partial charge in [-0.25, -0.2) is 0 Å². The van der Waals surface area contributed by atoms with Gasteiger partial charge in [0.1, 0.15) is 0 Å². The molecule has 0 radical (unpaired) electrons. The highest BCUT2D eigenvalue weighted by Gasteiger charge is 2.05. The Morgan fingerprint density at radius 2 is 2.20 bits per heavy atom. The highest BCUT2D eigenvalue weighted by molar-refractivity contribution is 9.10. The van der Waals surface area contributed by atoms with Gasteiger partial charge in [0, 0.05) is 29.0 Å². The lowest BCUT2D eigenvalue weighted by molar-refractivity contribution is 0.348. The molecule has 0 atom stereocenters. The van der Waals surface area contributed by atoms with Crippen molar-refractivity contribution in [3.8, 4) is 0 Å². The second-order valence-corrected chi connectivity index (χ2v) is 5.33. The van der Waals surface area contributed by atoms with Gasteiger partial charge in [-0.3, -0.25) is 0 Å². The average molecular weight is 289 g/mol. The van der Waals surface area contributed by atoms with Gasteiger partial charge in [0.05, 0.1) is 0 Å². The summed E-state index contributed by atoms with van der Waals surface area (Å²) in [5.41, 5.74) is 7.89. The van der Waals surface area contributed by atoms with Gasteiger partial charge >= 0.3 is 0 Å². The summed E-state index contributed by atoms with van der Waals surface area (Å²) in [5, 5.41) is 0. The number of halogens is 1. The number of hydrogen-bond donors (Lipinski definition) is 1. The van der Waals surface area contributed by atoms with E-state index < -0.39 is 0 Å². The first-order valence-corrected chi connectivity index (χ1v) is 7.04. The van der Waals surface area contributed by atoms with Crippen molar-refractivity contribution in [2.24, 2.45) is 0 Å². The third kappa shape index (κ3) is 4.05. The fraction of sp³-hybridized carbons (Fsp3) is 0.455. The maximum absolute atomic E-state index is 5.83. The summed E-state index contributed by atoms with van der Waals surface area (Å²) in [6.45, 7) is 2.04. The summed E-state index contributed by atoms with van der Waals surface area (Å²) >= 11 is 5.39. The molecule has 4 heteroatoms. The lowest BCUT2D eigenvalue weighted by atomic mass is 10.2. The molecule has 0 unspecified atom stereocenters. The van der Waals surface area contributed by atoms with Gasteiger partial charge in [-0.05, 0) is 40.9 Å². The predicted molar refractivity (Wildman–Crippen MR) is 73.3 cm³/mol. The molecule has 0 saturated carbocycles. The van der Waals surface area contributed by atoms with Crippen molar-refractivity contribution in [1.29, 1.82) is 0 Å². The summed E-state index contributed by atoms with van der Waals surface area (Å²) in [4.78, 5) is 2.30. The molecule has 1 rings (SSSR count). The van der Waals surface area contributed by atoms with Gasteiger partial charge < -0.3 is 10.6 Å².